The molecule has 3 nitrogen and oxygen atoms in total. The van der Waals surface area contributed by atoms with Crippen molar-refractivity contribution in [1.29, 1.82) is 0 Å². The number of nitrogens with two attached hydrogens (primary N) is 1. The van der Waals surface area contributed by atoms with E-state index in [0.717, 1.165) is 0 Å². The molecule has 0 spiro atoms. The molecule has 1 amide bonds. The zero-order valence-electron chi connectivity index (χ0n) is 7.97. The summed E-state index contributed by atoms with van der Waals surface area (Å²) in [4.78, 5) is 11.6. The summed E-state index contributed by atoms with van der Waals surface area (Å²) in [5.41, 5.74) is 5.10. The molecule has 4 heteroatoms. The largest absolute Gasteiger partial charge is 0.393 e. The minimum absolute atomic E-state index is 0.116. The van der Waals surface area contributed by atoms with Gasteiger partial charge in [0.25, 0.3) is 0 Å². The van der Waals surface area contributed by atoms with Crippen LogP contribution >= 0.6 is 12.2 Å². The first-order chi connectivity index (χ1) is 5.24. The van der Waals surface area contributed by atoms with Gasteiger partial charge in [-0.15, -0.1) is 0 Å². The van der Waals surface area contributed by atoms with Crippen LogP contribution in [0.15, 0.2) is 0 Å². The molecule has 0 saturated carbocycles. The summed E-state index contributed by atoms with van der Waals surface area (Å²) in [6.07, 6.45) is 0. The third kappa shape index (κ3) is 4.28. The number of hydrogen-bond acceptors (Lipinski definition) is 2. The van der Waals surface area contributed by atoms with Gasteiger partial charge in [-0.3, -0.25) is 4.79 Å². The van der Waals surface area contributed by atoms with Crippen molar-refractivity contribution in [2.75, 3.05) is 0 Å². The van der Waals surface area contributed by atoms with Crippen LogP contribution in [0.1, 0.15) is 27.7 Å². The summed E-state index contributed by atoms with van der Waals surface area (Å²) in [6.45, 7) is 7.44. The lowest BCUT2D eigenvalue weighted by Gasteiger charge is -2.22. The molecule has 0 aliphatic carbocycles. The minimum Gasteiger partial charge on any atom is -0.393 e. The number of rotatable bonds is 2. The molecule has 0 aromatic heterocycles. The molecule has 70 valence electrons. The number of nitrogens with one attached hydrogen (secondary N) is 1. The summed E-state index contributed by atoms with van der Waals surface area (Å²) in [5.74, 6) is -0.505. The monoisotopic (exact) mass is 188 g/mol. The topological polar surface area (TPSA) is 55.1 Å². The molecule has 0 fully saturated rings. The lowest BCUT2D eigenvalue weighted by atomic mass is 10.1. The number of hydrogen-bond donors (Lipinski definition) is 2. The second kappa shape index (κ2) is 3.85. The van der Waals surface area contributed by atoms with E-state index in [4.69, 9.17) is 18.0 Å². The van der Waals surface area contributed by atoms with Crippen LogP contribution in [0.3, 0.4) is 0 Å². The van der Waals surface area contributed by atoms with E-state index in [1.54, 1.807) is 6.92 Å². The fourth-order valence-electron chi connectivity index (χ4n) is 0.607. The molecule has 0 saturated heterocycles. The van der Waals surface area contributed by atoms with Gasteiger partial charge in [0.2, 0.25) is 5.91 Å². The van der Waals surface area contributed by atoms with E-state index in [0.29, 0.717) is 0 Å². The molecule has 0 rings (SSSR count). The average Bonchev–Trinajstić information content (AvgIpc) is 1.82. The average molecular weight is 188 g/mol. The Hall–Kier alpha value is -0.640. The molecule has 0 heterocycles. The van der Waals surface area contributed by atoms with E-state index in [1.807, 2.05) is 20.8 Å². The zero-order valence-corrected chi connectivity index (χ0v) is 8.79. The Labute approximate surface area is 78.7 Å². The Morgan fingerprint density at radius 3 is 2.17 bits per heavy atom. The van der Waals surface area contributed by atoms with Crippen molar-refractivity contribution in [3.05, 3.63) is 0 Å². The van der Waals surface area contributed by atoms with Crippen molar-refractivity contribution >= 4 is 23.1 Å². The number of amides is 1. The zero-order chi connectivity index (χ0) is 9.94. The Bertz CT molecular complexity index is 196. The lowest BCUT2D eigenvalue weighted by molar-refractivity contribution is -0.124. The predicted molar refractivity (Wildman–Crippen MR) is 53.8 cm³/mol. The van der Waals surface area contributed by atoms with E-state index in [1.165, 1.54) is 0 Å². The van der Waals surface area contributed by atoms with Gasteiger partial charge in [-0.25, -0.2) is 0 Å². The minimum atomic E-state index is -0.390. The highest BCUT2D eigenvalue weighted by Crippen LogP contribution is 2.02. The van der Waals surface area contributed by atoms with Crippen molar-refractivity contribution in [2.24, 2.45) is 11.7 Å². The van der Waals surface area contributed by atoms with E-state index < -0.39 is 0 Å². The highest BCUT2D eigenvalue weighted by molar-refractivity contribution is 7.80. The third-order valence-corrected chi connectivity index (χ3v) is 1.67. The second-order valence-electron chi connectivity index (χ2n) is 3.86. The van der Waals surface area contributed by atoms with Gasteiger partial charge < -0.3 is 11.1 Å². The molecular formula is C8H16N2OS. The van der Waals surface area contributed by atoms with Crippen LogP contribution in [0.25, 0.3) is 0 Å². The second-order valence-corrected chi connectivity index (χ2v) is 4.33. The van der Waals surface area contributed by atoms with Crippen LogP contribution in [0.5, 0.6) is 0 Å². The maximum atomic E-state index is 11.3. The fourth-order valence-corrected chi connectivity index (χ4v) is 0.714. The first-order valence-corrected chi connectivity index (χ1v) is 4.26. The molecular weight excluding hydrogens is 172 g/mol. The van der Waals surface area contributed by atoms with Gasteiger partial charge in [-0.05, 0) is 27.7 Å². The molecule has 3 N–H and O–H groups in total. The Kier molecular flexibility index (Phi) is 3.64. The summed E-state index contributed by atoms with van der Waals surface area (Å²) >= 11 is 4.70. The van der Waals surface area contributed by atoms with Crippen LogP contribution in [0, 0.1) is 5.92 Å². The normalized spacial score (nSPS) is 13.7. The summed E-state index contributed by atoms with van der Waals surface area (Å²) in [6, 6.07) is 0. The predicted octanol–water partition coefficient (Wildman–Crippen LogP) is 0.823. The molecule has 12 heavy (non-hydrogen) atoms. The molecule has 0 bridgehead atoms. The van der Waals surface area contributed by atoms with Crippen molar-refractivity contribution in [2.45, 2.75) is 33.2 Å². The van der Waals surface area contributed by atoms with Crippen LogP contribution in [0.2, 0.25) is 0 Å². The van der Waals surface area contributed by atoms with E-state index in [2.05, 4.69) is 5.32 Å². The molecule has 1 atom stereocenters. The van der Waals surface area contributed by atoms with E-state index in [9.17, 15) is 4.79 Å². The van der Waals surface area contributed by atoms with E-state index >= 15 is 0 Å². The summed E-state index contributed by atoms with van der Waals surface area (Å²) < 4.78 is 0. The molecule has 0 aliphatic heterocycles. The molecule has 0 radical (unpaired) electrons. The van der Waals surface area contributed by atoms with Crippen LogP contribution < -0.4 is 11.1 Å². The van der Waals surface area contributed by atoms with Gasteiger partial charge in [-0.1, -0.05) is 12.2 Å². The van der Waals surface area contributed by atoms with Gasteiger partial charge >= 0.3 is 0 Å². The Morgan fingerprint density at radius 2 is 1.92 bits per heavy atom. The fraction of sp³-hybridized carbons (Fsp3) is 0.750. The van der Waals surface area contributed by atoms with Gasteiger partial charge in [0.15, 0.2) is 0 Å². The quantitative estimate of drug-likeness (QED) is 0.631. The Morgan fingerprint density at radius 1 is 1.50 bits per heavy atom. The standard InChI is InChI=1S/C8H16N2OS/c1-5(6(9)12)7(11)10-8(2,3)4/h5H,1-4H3,(H2,9,12)(H,10,11). The molecule has 0 aromatic rings. The van der Waals surface area contributed by atoms with Crippen molar-refractivity contribution in [3.8, 4) is 0 Å². The third-order valence-electron chi connectivity index (χ3n) is 1.32. The number of carbonyl (C=O) groups is 1. The van der Waals surface area contributed by atoms with Gasteiger partial charge in [0.05, 0.1) is 10.9 Å². The summed E-state index contributed by atoms with van der Waals surface area (Å²) in [5, 5.41) is 2.79. The SMILES string of the molecule is CC(C(=O)NC(C)(C)C)C(N)=S. The highest BCUT2D eigenvalue weighted by Gasteiger charge is 2.20. The van der Waals surface area contributed by atoms with Gasteiger partial charge in [-0.2, -0.15) is 0 Å². The number of carbonyl (C=O) groups excluding carboxylic acids is 1. The maximum absolute atomic E-state index is 11.3. The highest BCUT2D eigenvalue weighted by atomic mass is 32.1. The molecule has 0 aliphatic rings. The summed E-state index contributed by atoms with van der Waals surface area (Å²) in [7, 11) is 0. The van der Waals surface area contributed by atoms with Crippen molar-refractivity contribution in [3.63, 3.8) is 0 Å². The lowest BCUT2D eigenvalue weighted by Crippen LogP contribution is -2.45. The smallest absolute Gasteiger partial charge is 0.230 e. The number of thiocarbonyl (C=S) groups is 1. The Balaban J connectivity index is 4.15. The first-order valence-electron chi connectivity index (χ1n) is 3.85. The van der Waals surface area contributed by atoms with Crippen molar-refractivity contribution in [1.82, 2.24) is 5.32 Å². The van der Waals surface area contributed by atoms with Crippen molar-refractivity contribution < 1.29 is 4.79 Å². The van der Waals surface area contributed by atoms with Crippen LogP contribution in [-0.2, 0) is 4.79 Å². The van der Waals surface area contributed by atoms with Gasteiger partial charge in [0.1, 0.15) is 0 Å². The van der Waals surface area contributed by atoms with Crippen LogP contribution in [-0.4, -0.2) is 16.4 Å². The first kappa shape index (κ1) is 11.4. The maximum Gasteiger partial charge on any atom is 0.230 e. The van der Waals surface area contributed by atoms with E-state index in [-0.39, 0.29) is 22.4 Å². The molecule has 0 aromatic carbocycles. The molecule has 1 unspecified atom stereocenters. The van der Waals surface area contributed by atoms with Gasteiger partial charge in [0, 0.05) is 5.54 Å². The van der Waals surface area contributed by atoms with Crippen LogP contribution in [0.4, 0.5) is 0 Å².